The summed E-state index contributed by atoms with van der Waals surface area (Å²) in [5.41, 5.74) is 7.95. The fourth-order valence-corrected chi connectivity index (χ4v) is 1.75. The second kappa shape index (κ2) is 5.39. The van der Waals surface area contributed by atoms with Crippen LogP contribution in [0.25, 0.3) is 0 Å². The first-order valence-corrected chi connectivity index (χ1v) is 6.01. The summed E-state index contributed by atoms with van der Waals surface area (Å²) in [5.74, 6) is 2.08. The Morgan fingerprint density at radius 3 is 2.25 bits per heavy atom. The molecule has 0 bridgehead atoms. The fourth-order valence-electron chi connectivity index (χ4n) is 1.75. The van der Waals surface area contributed by atoms with Crippen molar-refractivity contribution in [1.29, 1.82) is 0 Å². The van der Waals surface area contributed by atoms with Crippen molar-refractivity contribution in [2.45, 2.75) is 46.5 Å². The molecule has 0 aliphatic rings. The number of aromatic nitrogens is 2. The molecule has 0 amide bonds. The highest BCUT2D eigenvalue weighted by atomic mass is 14.9. The molecule has 2 N–H and O–H groups in total. The third kappa shape index (κ3) is 3.01. The van der Waals surface area contributed by atoms with E-state index < -0.39 is 0 Å². The molecule has 0 fully saturated rings. The number of nitrogens with two attached hydrogens (primary N) is 1. The SMILES string of the molecule is Cc1cc(C(C)C)nc(C(CN)C(C)C)n1. The van der Waals surface area contributed by atoms with E-state index in [-0.39, 0.29) is 5.92 Å². The minimum absolute atomic E-state index is 0.261. The van der Waals surface area contributed by atoms with Crippen LogP contribution in [-0.2, 0) is 0 Å². The molecule has 16 heavy (non-hydrogen) atoms. The average Bonchev–Trinajstić information content (AvgIpc) is 2.17. The molecule has 3 nitrogen and oxygen atoms in total. The van der Waals surface area contributed by atoms with Crippen molar-refractivity contribution in [1.82, 2.24) is 9.97 Å². The van der Waals surface area contributed by atoms with E-state index in [9.17, 15) is 0 Å². The van der Waals surface area contributed by atoms with Crippen LogP contribution in [-0.4, -0.2) is 16.5 Å². The van der Waals surface area contributed by atoms with Crippen molar-refractivity contribution in [2.24, 2.45) is 11.7 Å². The van der Waals surface area contributed by atoms with Crippen molar-refractivity contribution in [3.8, 4) is 0 Å². The van der Waals surface area contributed by atoms with Gasteiger partial charge in [0.05, 0.1) is 0 Å². The lowest BCUT2D eigenvalue weighted by atomic mass is 9.94. The van der Waals surface area contributed by atoms with Crippen LogP contribution in [0.15, 0.2) is 6.07 Å². The first-order chi connectivity index (χ1) is 7.45. The second-order valence-electron chi connectivity index (χ2n) is 5.03. The summed E-state index contributed by atoms with van der Waals surface area (Å²) in [6.07, 6.45) is 0. The van der Waals surface area contributed by atoms with E-state index in [2.05, 4.69) is 43.7 Å². The zero-order valence-corrected chi connectivity index (χ0v) is 11.0. The summed E-state index contributed by atoms with van der Waals surface area (Å²) in [5, 5.41) is 0. The summed E-state index contributed by atoms with van der Waals surface area (Å²) < 4.78 is 0. The Bertz CT molecular complexity index is 345. The van der Waals surface area contributed by atoms with Gasteiger partial charge in [-0.1, -0.05) is 27.7 Å². The molecule has 1 atom stereocenters. The third-order valence-corrected chi connectivity index (χ3v) is 2.87. The molecular formula is C13H23N3. The summed E-state index contributed by atoms with van der Waals surface area (Å²) in [7, 11) is 0. The van der Waals surface area contributed by atoms with E-state index >= 15 is 0 Å². The predicted molar refractivity (Wildman–Crippen MR) is 67.5 cm³/mol. The van der Waals surface area contributed by atoms with Gasteiger partial charge in [0, 0.05) is 23.9 Å². The largest absolute Gasteiger partial charge is 0.330 e. The highest BCUT2D eigenvalue weighted by molar-refractivity contribution is 5.15. The van der Waals surface area contributed by atoms with Crippen LogP contribution in [0.4, 0.5) is 0 Å². The van der Waals surface area contributed by atoms with Gasteiger partial charge in [0.15, 0.2) is 0 Å². The summed E-state index contributed by atoms with van der Waals surface area (Å²) >= 11 is 0. The lowest BCUT2D eigenvalue weighted by Crippen LogP contribution is -2.21. The van der Waals surface area contributed by atoms with E-state index in [0.717, 1.165) is 17.2 Å². The highest BCUT2D eigenvalue weighted by Gasteiger charge is 2.18. The van der Waals surface area contributed by atoms with Crippen molar-refractivity contribution in [3.63, 3.8) is 0 Å². The molecule has 0 saturated carbocycles. The predicted octanol–water partition coefficient (Wildman–Crippen LogP) is 2.61. The Morgan fingerprint density at radius 1 is 1.19 bits per heavy atom. The average molecular weight is 221 g/mol. The molecule has 90 valence electrons. The van der Waals surface area contributed by atoms with Gasteiger partial charge in [-0.3, -0.25) is 0 Å². The second-order valence-corrected chi connectivity index (χ2v) is 5.03. The number of hydrogen-bond acceptors (Lipinski definition) is 3. The maximum absolute atomic E-state index is 5.80. The zero-order chi connectivity index (χ0) is 12.3. The Morgan fingerprint density at radius 2 is 1.81 bits per heavy atom. The molecule has 1 rings (SSSR count). The van der Waals surface area contributed by atoms with Gasteiger partial charge in [0.25, 0.3) is 0 Å². The van der Waals surface area contributed by atoms with Gasteiger partial charge in [-0.15, -0.1) is 0 Å². The van der Waals surface area contributed by atoms with Gasteiger partial charge in [0.1, 0.15) is 5.82 Å². The van der Waals surface area contributed by atoms with Crippen molar-refractivity contribution in [3.05, 3.63) is 23.3 Å². The van der Waals surface area contributed by atoms with Crippen molar-refractivity contribution >= 4 is 0 Å². The van der Waals surface area contributed by atoms with E-state index in [1.165, 1.54) is 0 Å². The Kier molecular flexibility index (Phi) is 4.42. The van der Waals surface area contributed by atoms with Gasteiger partial charge >= 0.3 is 0 Å². The Hall–Kier alpha value is -0.960. The highest BCUT2D eigenvalue weighted by Crippen LogP contribution is 2.22. The van der Waals surface area contributed by atoms with Gasteiger partial charge < -0.3 is 5.73 Å². The normalized spacial score (nSPS) is 13.5. The quantitative estimate of drug-likeness (QED) is 0.850. The molecule has 0 aromatic carbocycles. The lowest BCUT2D eigenvalue weighted by molar-refractivity contribution is 0.479. The molecule has 1 aromatic rings. The van der Waals surface area contributed by atoms with Crippen LogP contribution in [0, 0.1) is 12.8 Å². The molecule has 3 heteroatoms. The van der Waals surface area contributed by atoms with Gasteiger partial charge in [-0.05, 0) is 24.8 Å². The van der Waals surface area contributed by atoms with Crippen LogP contribution < -0.4 is 5.73 Å². The first-order valence-electron chi connectivity index (χ1n) is 6.01. The topological polar surface area (TPSA) is 51.8 Å². The monoisotopic (exact) mass is 221 g/mol. The van der Waals surface area contributed by atoms with Crippen molar-refractivity contribution < 1.29 is 0 Å². The van der Waals surface area contributed by atoms with E-state index in [1.54, 1.807) is 0 Å². The summed E-state index contributed by atoms with van der Waals surface area (Å²) in [6, 6.07) is 2.06. The molecule has 0 saturated heterocycles. The first kappa shape index (κ1) is 13.1. The zero-order valence-electron chi connectivity index (χ0n) is 11.0. The lowest BCUT2D eigenvalue weighted by Gasteiger charge is -2.19. The third-order valence-electron chi connectivity index (χ3n) is 2.87. The molecule has 0 aliphatic carbocycles. The molecule has 0 radical (unpaired) electrons. The van der Waals surface area contributed by atoms with E-state index in [1.807, 2.05) is 6.92 Å². The smallest absolute Gasteiger partial charge is 0.133 e. The number of rotatable bonds is 4. The van der Waals surface area contributed by atoms with E-state index in [0.29, 0.717) is 18.4 Å². The molecule has 1 heterocycles. The van der Waals surface area contributed by atoms with Crippen LogP contribution >= 0.6 is 0 Å². The van der Waals surface area contributed by atoms with Crippen molar-refractivity contribution in [2.75, 3.05) is 6.54 Å². The summed E-state index contributed by atoms with van der Waals surface area (Å²) in [6.45, 7) is 11.3. The van der Waals surface area contributed by atoms with Crippen LogP contribution in [0.3, 0.4) is 0 Å². The maximum atomic E-state index is 5.80. The fraction of sp³-hybridized carbons (Fsp3) is 0.692. The number of aryl methyl sites for hydroxylation is 1. The molecule has 0 spiro atoms. The number of nitrogens with zero attached hydrogens (tertiary/aromatic N) is 2. The summed E-state index contributed by atoms with van der Waals surface area (Å²) in [4.78, 5) is 9.15. The maximum Gasteiger partial charge on any atom is 0.133 e. The molecular weight excluding hydrogens is 198 g/mol. The molecule has 0 aliphatic heterocycles. The van der Waals surface area contributed by atoms with Gasteiger partial charge in [-0.2, -0.15) is 0 Å². The number of hydrogen-bond donors (Lipinski definition) is 1. The van der Waals surface area contributed by atoms with Gasteiger partial charge in [-0.25, -0.2) is 9.97 Å². The molecule has 1 unspecified atom stereocenters. The standard InChI is InChI=1S/C13H23N3/c1-8(2)11(7-14)13-15-10(5)6-12(16-13)9(3)4/h6,8-9,11H,7,14H2,1-5H3. The van der Waals surface area contributed by atoms with E-state index in [4.69, 9.17) is 5.73 Å². The van der Waals surface area contributed by atoms with Crippen LogP contribution in [0.5, 0.6) is 0 Å². The Labute approximate surface area is 98.5 Å². The Balaban J connectivity index is 3.12. The van der Waals surface area contributed by atoms with Crippen LogP contribution in [0.1, 0.15) is 56.7 Å². The van der Waals surface area contributed by atoms with Crippen LogP contribution in [0.2, 0.25) is 0 Å². The van der Waals surface area contributed by atoms with Gasteiger partial charge in [0.2, 0.25) is 0 Å². The molecule has 1 aromatic heterocycles. The minimum Gasteiger partial charge on any atom is -0.330 e. The minimum atomic E-state index is 0.261.